The highest BCUT2D eigenvalue weighted by Crippen LogP contribution is 2.40. The van der Waals surface area contributed by atoms with Gasteiger partial charge >= 0.3 is 0 Å². The van der Waals surface area contributed by atoms with Crippen LogP contribution in [-0.4, -0.2) is 41.0 Å². The Labute approximate surface area is 167 Å². The molecule has 1 aromatic carbocycles. The van der Waals surface area contributed by atoms with Crippen LogP contribution < -0.4 is 19.5 Å². The molecule has 0 atom stereocenters. The van der Waals surface area contributed by atoms with Gasteiger partial charge in [-0.1, -0.05) is 6.07 Å². The minimum Gasteiger partial charge on any atom is -0.493 e. The fourth-order valence-electron chi connectivity index (χ4n) is 2.90. The van der Waals surface area contributed by atoms with Crippen LogP contribution in [-0.2, 0) is 11.3 Å². The lowest BCUT2D eigenvalue weighted by Gasteiger charge is -2.20. The second-order valence-electron chi connectivity index (χ2n) is 6.29. The molecule has 0 unspecified atom stereocenters. The zero-order chi connectivity index (χ0) is 20.1. The number of anilines is 1. The minimum atomic E-state index is -0.290. The van der Waals surface area contributed by atoms with E-state index in [9.17, 15) is 4.79 Å². The summed E-state index contributed by atoms with van der Waals surface area (Å²) in [5, 5.41) is 7.08. The molecule has 1 N–H and O–H groups in total. The van der Waals surface area contributed by atoms with Gasteiger partial charge in [0.2, 0.25) is 11.7 Å². The van der Waals surface area contributed by atoms with Gasteiger partial charge in [0.1, 0.15) is 13.2 Å². The number of aromatic nitrogens is 3. The molecule has 0 spiro atoms. The van der Waals surface area contributed by atoms with Crippen molar-refractivity contribution in [2.24, 2.45) is 0 Å². The van der Waals surface area contributed by atoms with Gasteiger partial charge in [-0.2, -0.15) is 5.10 Å². The van der Waals surface area contributed by atoms with Gasteiger partial charge in [0.15, 0.2) is 17.3 Å². The van der Waals surface area contributed by atoms with Crippen LogP contribution in [0.5, 0.6) is 17.2 Å². The van der Waals surface area contributed by atoms with E-state index in [1.807, 2.05) is 24.3 Å². The van der Waals surface area contributed by atoms with E-state index < -0.39 is 0 Å². The lowest BCUT2D eigenvalue weighted by Crippen LogP contribution is -2.16. The number of rotatable bonds is 6. The van der Waals surface area contributed by atoms with Crippen molar-refractivity contribution in [1.82, 2.24) is 14.8 Å². The predicted molar refractivity (Wildman–Crippen MR) is 107 cm³/mol. The average Bonchev–Trinajstić information content (AvgIpc) is 3.18. The number of fused-ring (bicyclic) bond motifs is 1. The average molecular weight is 392 g/mol. The monoisotopic (exact) mass is 392 g/mol. The molecule has 8 heteroatoms. The Kier molecular flexibility index (Phi) is 5.42. The Balaban J connectivity index is 1.40. The smallest absolute Gasteiger partial charge is 0.249 e. The molecule has 29 heavy (non-hydrogen) atoms. The third kappa shape index (κ3) is 4.55. The first-order chi connectivity index (χ1) is 14.2. The van der Waals surface area contributed by atoms with E-state index in [0.717, 1.165) is 11.3 Å². The highest BCUT2D eigenvalue weighted by atomic mass is 16.6. The number of carbonyl (C=O) groups is 1. The molecule has 1 amide bonds. The Hall–Kier alpha value is -3.81. The van der Waals surface area contributed by atoms with Crippen LogP contribution in [0.25, 0.3) is 6.08 Å². The normalized spacial score (nSPS) is 12.7. The van der Waals surface area contributed by atoms with Crippen molar-refractivity contribution in [3.8, 4) is 17.2 Å². The molecule has 1 aliphatic heterocycles. The van der Waals surface area contributed by atoms with E-state index in [4.69, 9.17) is 14.2 Å². The fraction of sp³-hybridized carbons (Fsp3) is 0.190. The molecular weight excluding hydrogens is 372 g/mol. The number of ether oxygens (including phenoxy) is 3. The molecule has 0 aliphatic carbocycles. The molecule has 0 fully saturated rings. The summed E-state index contributed by atoms with van der Waals surface area (Å²) in [6.07, 6.45) is 6.64. The van der Waals surface area contributed by atoms with Gasteiger partial charge in [0.05, 0.1) is 19.3 Å². The van der Waals surface area contributed by atoms with Crippen LogP contribution in [0.1, 0.15) is 11.3 Å². The van der Waals surface area contributed by atoms with Gasteiger partial charge in [-0.15, -0.1) is 0 Å². The molecule has 0 saturated heterocycles. The fourth-order valence-corrected chi connectivity index (χ4v) is 2.90. The molecular formula is C21H20N4O4. The first kappa shape index (κ1) is 18.5. The highest BCUT2D eigenvalue weighted by Gasteiger charge is 2.17. The highest BCUT2D eigenvalue weighted by molar-refractivity contribution is 6.01. The zero-order valence-electron chi connectivity index (χ0n) is 15.9. The number of hydrogen-bond acceptors (Lipinski definition) is 6. The maximum Gasteiger partial charge on any atom is 0.249 e. The predicted octanol–water partition coefficient (Wildman–Crippen LogP) is 2.76. The summed E-state index contributed by atoms with van der Waals surface area (Å²) in [5.74, 6) is 1.93. The summed E-state index contributed by atoms with van der Waals surface area (Å²) < 4.78 is 18.3. The molecule has 0 saturated carbocycles. The maximum atomic E-state index is 12.2. The molecule has 0 bridgehead atoms. The Morgan fingerprint density at radius 2 is 2.17 bits per heavy atom. The number of pyridine rings is 1. The summed E-state index contributed by atoms with van der Waals surface area (Å²) in [6.45, 7) is 1.49. The number of amides is 1. The number of benzene rings is 1. The second-order valence-corrected chi connectivity index (χ2v) is 6.29. The van der Waals surface area contributed by atoms with Gasteiger partial charge in [-0.3, -0.25) is 14.5 Å². The van der Waals surface area contributed by atoms with Crippen molar-refractivity contribution in [3.63, 3.8) is 0 Å². The van der Waals surface area contributed by atoms with Crippen LogP contribution in [0.15, 0.2) is 54.9 Å². The summed E-state index contributed by atoms with van der Waals surface area (Å²) in [6, 6.07) is 11.0. The first-order valence-electron chi connectivity index (χ1n) is 9.11. The van der Waals surface area contributed by atoms with Crippen molar-refractivity contribution < 1.29 is 19.0 Å². The van der Waals surface area contributed by atoms with Crippen LogP contribution in [0.2, 0.25) is 0 Å². The molecule has 3 heterocycles. The largest absolute Gasteiger partial charge is 0.493 e. The van der Waals surface area contributed by atoms with Crippen molar-refractivity contribution in [1.29, 1.82) is 0 Å². The molecule has 3 aromatic rings. The molecule has 148 valence electrons. The Bertz CT molecular complexity index is 1010. The van der Waals surface area contributed by atoms with Crippen LogP contribution in [0.3, 0.4) is 0 Å². The molecule has 2 aromatic heterocycles. The van der Waals surface area contributed by atoms with E-state index in [0.29, 0.717) is 42.8 Å². The van der Waals surface area contributed by atoms with Crippen LogP contribution in [0, 0.1) is 0 Å². The third-order valence-electron chi connectivity index (χ3n) is 4.22. The van der Waals surface area contributed by atoms with E-state index in [-0.39, 0.29) is 5.91 Å². The lowest BCUT2D eigenvalue weighted by atomic mass is 10.1. The Morgan fingerprint density at radius 1 is 1.28 bits per heavy atom. The van der Waals surface area contributed by atoms with Gasteiger partial charge in [0, 0.05) is 24.5 Å². The van der Waals surface area contributed by atoms with E-state index in [1.165, 1.54) is 6.08 Å². The summed E-state index contributed by atoms with van der Waals surface area (Å²) in [7, 11) is 1.56. The molecule has 1 aliphatic rings. The number of nitrogens with one attached hydrogen (secondary N) is 1. The summed E-state index contributed by atoms with van der Waals surface area (Å²) >= 11 is 0. The zero-order valence-corrected chi connectivity index (χ0v) is 15.9. The number of methoxy groups -OCH3 is 1. The molecule has 0 radical (unpaired) electrons. The minimum absolute atomic E-state index is 0.290. The molecule has 4 rings (SSSR count). The second kappa shape index (κ2) is 8.47. The number of carbonyl (C=O) groups excluding carboxylic acids is 1. The lowest BCUT2D eigenvalue weighted by molar-refractivity contribution is -0.111. The van der Waals surface area contributed by atoms with E-state index in [1.54, 1.807) is 42.4 Å². The van der Waals surface area contributed by atoms with Crippen molar-refractivity contribution >= 4 is 17.8 Å². The van der Waals surface area contributed by atoms with Gasteiger partial charge in [-0.05, 0) is 35.9 Å². The summed E-state index contributed by atoms with van der Waals surface area (Å²) in [5.41, 5.74) is 1.66. The topological polar surface area (TPSA) is 87.5 Å². The maximum absolute atomic E-state index is 12.2. The third-order valence-corrected chi connectivity index (χ3v) is 4.22. The first-order valence-corrected chi connectivity index (χ1v) is 9.11. The van der Waals surface area contributed by atoms with E-state index >= 15 is 0 Å². The van der Waals surface area contributed by atoms with Crippen LogP contribution in [0.4, 0.5) is 5.82 Å². The van der Waals surface area contributed by atoms with Crippen LogP contribution >= 0.6 is 0 Å². The number of hydrogen-bond donors (Lipinski definition) is 1. The number of nitrogens with zero attached hydrogens (tertiary/aromatic N) is 3. The molecule has 8 nitrogen and oxygen atoms in total. The van der Waals surface area contributed by atoms with Gasteiger partial charge < -0.3 is 19.5 Å². The van der Waals surface area contributed by atoms with Gasteiger partial charge in [-0.25, -0.2) is 0 Å². The Morgan fingerprint density at radius 3 is 3.00 bits per heavy atom. The SMILES string of the molecule is COc1cc(/C=C/C(=O)Nc2ccn(Cc3ccccn3)n2)cc2c1OCCO2. The van der Waals surface area contributed by atoms with Crippen molar-refractivity contribution in [2.75, 3.05) is 25.6 Å². The van der Waals surface area contributed by atoms with Crippen molar-refractivity contribution in [2.45, 2.75) is 6.54 Å². The van der Waals surface area contributed by atoms with Crippen molar-refractivity contribution in [3.05, 3.63) is 66.1 Å². The van der Waals surface area contributed by atoms with Gasteiger partial charge in [0.25, 0.3) is 0 Å². The quantitative estimate of drug-likeness (QED) is 0.649. The standard InChI is InChI=1S/C21H20N4O4/c1-27-17-12-15(13-18-21(17)29-11-10-28-18)5-6-20(26)23-19-7-9-25(24-19)14-16-4-2-3-8-22-16/h2-9,12-13H,10-11,14H2,1H3,(H,23,24,26)/b6-5+. The van der Waals surface area contributed by atoms with E-state index in [2.05, 4.69) is 15.4 Å². The summed E-state index contributed by atoms with van der Waals surface area (Å²) in [4.78, 5) is 16.5.